The van der Waals surface area contributed by atoms with Crippen LogP contribution in [-0.2, 0) is 16.1 Å². The molecule has 0 bridgehead atoms. The second-order valence-corrected chi connectivity index (χ2v) is 8.90. The molecule has 2 amide bonds. The van der Waals surface area contributed by atoms with Gasteiger partial charge in [-0.1, -0.05) is 25.3 Å². The van der Waals surface area contributed by atoms with Gasteiger partial charge in [-0.25, -0.2) is 0 Å². The minimum Gasteiger partial charge on any atom is -0.353 e. The van der Waals surface area contributed by atoms with Gasteiger partial charge in [0, 0.05) is 64.2 Å². The molecule has 30 heavy (non-hydrogen) atoms. The molecule has 1 aliphatic carbocycles. The van der Waals surface area contributed by atoms with Crippen molar-refractivity contribution >= 4 is 11.8 Å². The maximum absolute atomic E-state index is 13.1. The highest BCUT2D eigenvalue weighted by atomic mass is 16.2. The summed E-state index contributed by atoms with van der Waals surface area (Å²) in [7, 11) is 0. The van der Waals surface area contributed by atoms with E-state index < -0.39 is 6.04 Å². The van der Waals surface area contributed by atoms with Gasteiger partial charge >= 0.3 is 0 Å². The SMILES string of the molecule is O=C1NCCN(Cc2cccnc2)C1CC(=O)N1CCCN(C2CCCCC2)CC1. The Morgan fingerprint density at radius 1 is 1.07 bits per heavy atom. The first-order valence-corrected chi connectivity index (χ1v) is 11.6. The van der Waals surface area contributed by atoms with Gasteiger partial charge in [-0.2, -0.15) is 0 Å². The summed E-state index contributed by atoms with van der Waals surface area (Å²) in [5.41, 5.74) is 1.07. The first-order chi connectivity index (χ1) is 14.7. The molecule has 1 aromatic rings. The molecule has 1 unspecified atom stereocenters. The van der Waals surface area contributed by atoms with Crippen molar-refractivity contribution in [1.29, 1.82) is 0 Å². The molecule has 164 valence electrons. The standard InChI is InChI=1S/C23H35N5O2/c29-22(27-12-5-11-26(14-15-27)20-7-2-1-3-8-20)16-21-23(30)25-10-13-28(21)18-19-6-4-9-24-17-19/h4,6,9,17,20-21H,1-3,5,7-8,10-16,18H2,(H,25,30). The van der Waals surface area contributed by atoms with E-state index in [9.17, 15) is 9.59 Å². The second kappa shape index (κ2) is 10.4. The van der Waals surface area contributed by atoms with Crippen LogP contribution in [0.4, 0.5) is 0 Å². The van der Waals surface area contributed by atoms with E-state index in [1.165, 1.54) is 32.1 Å². The first-order valence-electron chi connectivity index (χ1n) is 11.6. The van der Waals surface area contributed by atoms with Crippen molar-refractivity contribution in [3.05, 3.63) is 30.1 Å². The molecule has 1 atom stereocenters. The smallest absolute Gasteiger partial charge is 0.237 e. The Labute approximate surface area is 179 Å². The van der Waals surface area contributed by atoms with Crippen LogP contribution in [0, 0.1) is 0 Å². The van der Waals surface area contributed by atoms with Gasteiger partial charge in [0.25, 0.3) is 0 Å². The number of pyridine rings is 1. The van der Waals surface area contributed by atoms with Crippen LogP contribution in [-0.4, -0.2) is 82.9 Å². The van der Waals surface area contributed by atoms with Gasteiger partial charge < -0.3 is 10.2 Å². The van der Waals surface area contributed by atoms with Gasteiger partial charge in [0.1, 0.15) is 0 Å². The molecule has 0 aromatic carbocycles. The molecule has 2 saturated heterocycles. The fourth-order valence-corrected chi connectivity index (χ4v) is 5.19. The van der Waals surface area contributed by atoms with E-state index in [0.717, 1.165) is 44.7 Å². The van der Waals surface area contributed by atoms with E-state index in [1.807, 2.05) is 23.2 Å². The Hall–Kier alpha value is -1.99. The number of carbonyl (C=O) groups excluding carboxylic acids is 2. The summed E-state index contributed by atoms with van der Waals surface area (Å²) < 4.78 is 0. The molecular weight excluding hydrogens is 378 g/mol. The van der Waals surface area contributed by atoms with Crippen LogP contribution in [0.2, 0.25) is 0 Å². The summed E-state index contributed by atoms with van der Waals surface area (Å²) in [6.07, 6.45) is 11.5. The van der Waals surface area contributed by atoms with Crippen molar-refractivity contribution in [1.82, 2.24) is 25.0 Å². The highest BCUT2D eigenvalue weighted by molar-refractivity contribution is 5.88. The lowest BCUT2D eigenvalue weighted by molar-refractivity contribution is -0.139. The second-order valence-electron chi connectivity index (χ2n) is 8.90. The maximum atomic E-state index is 13.1. The molecule has 0 spiro atoms. The molecule has 1 aromatic heterocycles. The Morgan fingerprint density at radius 3 is 2.73 bits per heavy atom. The number of amides is 2. The zero-order valence-electron chi connectivity index (χ0n) is 18.0. The molecule has 3 heterocycles. The maximum Gasteiger partial charge on any atom is 0.237 e. The van der Waals surface area contributed by atoms with Crippen molar-refractivity contribution in [3.8, 4) is 0 Å². The fraction of sp³-hybridized carbons (Fsp3) is 0.696. The number of rotatable bonds is 5. The van der Waals surface area contributed by atoms with E-state index in [2.05, 4.69) is 20.1 Å². The van der Waals surface area contributed by atoms with Crippen LogP contribution in [0.25, 0.3) is 0 Å². The van der Waals surface area contributed by atoms with Crippen LogP contribution in [0.5, 0.6) is 0 Å². The average molecular weight is 414 g/mol. The van der Waals surface area contributed by atoms with E-state index in [0.29, 0.717) is 19.1 Å². The number of hydrogen-bond acceptors (Lipinski definition) is 5. The van der Waals surface area contributed by atoms with Crippen LogP contribution >= 0.6 is 0 Å². The average Bonchev–Trinajstić information content (AvgIpc) is 3.04. The molecule has 4 rings (SSSR count). The monoisotopic (exact) mass is 413 g/mol. The van der Waals surface area contributed by atoms with E-state index >= 15 is 0 Å². The lowest BCUT2D eigenvalue weighted by Gasteiger charge is -2.36. The Balaban J connectivity index is 1.34. The molecule has 7 heteroatoms. The topological polar surface area (TPSA) is 68.8 Å². The van der Waals surface area contributed by atoms with Crippen molar-refractivity contribution in [2.75, 3.05) is 39.3 Å². The number of hydrogen-bond donors (Lipinski definition) is 1. The van der Waals surface area contributed by atoms with Gasteiger partial charge in [0.15, 0.2) is 0 Å². The zero-order valence-corrected chi connectivity index (χ0v) is 18.0. The minimum atomic E-state index is -0.399. The highest BCUT2D eigenvalue weighted by Gasteiger charge is 2.33. The Kier molecular flexibility index (Phi) is 7.33. The Bertz CT molecular complexity index is 707. The molecule has 2 aliphatic heterocycles. The Morgan fingerprint density at radius 2 is 1.93 bits per heavy atom. The zero-order chi connectivity index (χ0) is 20.8. The number of nitrogens with zero attached hydrogens (tertiary/aromatic N) is 4. The van der Waals surface area contributed by atoms with Crippen molar-refractivity contribution < 1.29 is 9.59 Å². The summed E-state index contributed by atoms with van der Waals surface area (Å²) in [6.45, 7) is 5.68. The van der Waals surface area contributed by atoms with Gasteiger partial charge in [-0.3, -0.25) is 24.4 Å². The third-order valence-corrected chi connectivity index (χ3v) is 6.89. The van der Waals surface area contributed by atoms with Crippen molar-refractivity contribution in [3.63, 3.8) is 0 Å². The van der Waals surface area contributed by atoms with Gasteiger partial charge in [-0.05, 0) is 30.9 Å². The number of carbonyl (C=O) groups is 2. The number of piperazine rings is 1. The quantitative estimate of drug-likeness (QED) is 0.795. The first kappa shape index (κ1) is 21.2. The predicted molar refractivity (Wildman–Crippen MR) is 116 cm³/mol. The largest absolute Gasteiger partial charge is 0.353 e. The molecular formula is C23H35N5O2. The fourth-order valence-electron chi connectivity index (χ4n) is 5.19. The van der Waals surface area contributed by atoms with E-state index in [4.69, 9.17) is 0 Å². The normalized spacial score (nSPS) is 25.0. The summed E-state index contributed by atoms with van der Waals surface area (Å²) in [5.74, 6) is 0.0795. The molecule has 0 radical (unpaired) electrons. The van der Waals surface area contributed by atoms with Crippen molar-refractivity contribution in [2.45, 2.75) is 63.6 Å². The molecule has 1 N–H and O–H groups in total. The summed E-state index contributed by atoms with van der Waals surface area (Å²) in [6, 6.07) is 4.24. The van der Waals surface area contributed by atoms with Crippen LogP contribution < -0.4 is 5.32 Å². The van der Waals surface area contributed by atoms with Crippen LogP contribution in [0.1, 0.15) is 50.5 Å². The molecule has 7 nitrogen and oxygen atoms in total. The summed E-state index contributed by atoms with van der Waals surface area (Å²) in [5, 5.41) is 2.94. The minimum absolute atomic E-state index is 0.0304. The van der Waals surface area contributed by atoms with Crippen LogP contribution in [0.3, 0.4) is 0 Å². The highest BCUT2D eigenvalue weighted by Crippen LogP contribution is 2.24. The lowest BCUT2D eigenvalue weighted by Crippen LogP contribution is -2.56. The van der Waals surface area contributed by atoms with Gasteiger partial charge in [-0.15, -0.1) is 0 Å². The van der Waals surface area contributed by atoms with Crippen molar-refractivity contribution in [2.24, 2.45) is 0 Å². The number of aromatic nitrogens is 1. The summed E-state index contributed by atoms with van der Waals surface area (Å²) >= 11 is 0. The summed E-state index contributed by atoms with van der Waals surface area (Å²) in [4.78, 5) is 36.6. The van der Waals surface area contributed by atoms with E-state index in [1.54, 1.807) is 6.20 Å². The molecule has 3 fully saturated rings. The number of nitrogens with one attached hydrogen (secondary N) is 1. The van der Waals surface area contributed by atoms with E-state index in [-0.39, 0.29) is 18.2 Å². The third kappa shape index (κ3) is 5.38. The van der Waals surface area contributed by atoms with Crippen LogP contribution in [0.15, 0.2) is 24.5 Å². The molecule has 3 aliphatic rings. The van der Waals surface area contributed by atoms with Gasteiger partial charge in [0.2, 0.25) is 11.8 Å². The molecule has 1 saturated carbocycles. The lowest BCUT2D eigenvalue weighted by atomic mass is 9.94. The third-order valence-electron chi connectivity index (χ3n) is 6.89. The predicted octanol–water partition coefficient (Wildman–Crippen LogP) is 1.64. The van der Waals surface area contributed by atoms with Gasteiger partial charge in [0.05, 0.1) is 12.5 Å².